The van der Waals surface area contributed by atoms with E-state index < -0.39 is 0 Å². The van der Waals surface area contributed by atoms with Gasteiger partial charge < -0.3 is 19.7 Å². The van der Waals surface area contributed by atoms with Gasteiger partial charge in [0.25, 0.3) is 0 Å². The SMILES string of the molecule is C[C@@H]1CN(C(=O)[C@@H]2C[C@@H]2c2ccc3c(c2)OCCO3)C[C@H](C)N1. The third kappa shape index (κ3) is 2.90. The third-order valence-corrected chi connectivity index (χ3v) is 4.97. The number of hydrogen-bond donors (Lipinski definition) is 1. The molecule has 1 aromatic rings. The summed E-state index contributed by atoms with van der Waals surface area (Å²) in [4.78, 5) is 14.8. The Morgan fingerprint density at radius 1 is 1.13 bits per heavy atom. The van der Waals surface area contributed by atoms with E-state index in [0.717, 1.165) is 31.0 Å². The van der Waals surface area contributed by atoms with Crippen LogP contribution in [0.3, 0.4) is 0 Å². The molecule has 3 aliphatic rings. The Labute approximate surface area is 136 Å². The van der Waals surface area contributed by atoms with Crippen LogP contribution in [0.25, 0.3) is 0 Å². The van der Waals surface area contributed by atoms with Gasteiger partial charge in [0.05, 0.1) is 0 Å². The zero-order valence-electron chi connectivity index (χ0n) is 13.7. The van der Waals surface area contributed by atoms with Crippen molar-refractivity contribution in [2.75, 3.05) is 26.3 Å². The molecule has 4 atom stereocenters. The minimum absolute atomic E-state index is 0.134. The summed E-state index contributed by atoms with van der Waals surface area (Å²) in [5.41, 5.74) is 1.20. The lowest BCUT2D eigenvalue weighted by molar-refractivity contribution is -0.134. The molecule has 0 radical (unpaired) electrons. The summed E-state index contributed by atoms with van der Waals surface area (Å²) < 4.78 is 11.2. The van der Waals surface area contributed by atoms with Crippen molar-refractivity contribution in [3.05, 3.63) is 23.8 Å². The van der Waals surface area contributed by atoms with Crippen LogP contribution >= 0.6 is 0 Å². The number of nitrogens with one attached hydrogen (secondary N) is 1. The van der Waals surface area contributed by atoms with Gasteiger partial charge in [0.1, 0.15) is 13.2 Å². The number of piperazine rings is 1. The van der Waals surface area contributed by atoms with Gasteiger partial charge in [-0.05, 0) is 43.9 Å². The zero-order chi connectivity index (χ0) is 16.0. The van der Waals surface area contributed by atoms with Gasteiger partial charge in [-0.2, -0.15) is 0 Å². The molecule has 1 aliphatic carbocycles. The summed E-state index contributed by atoms with van der Waals surface area (Å²) in [6, 6.07) is 6.84. The van der Waals surface area contributed by atoms with Gasteiger partial charge in [-0.1, -0.05) is 6.07 Å². The van der Waals surface area contributed by atoms with Crippen LogP contribution in [0.5, 0.6) is 11.5 Å². The molecule has 2 aliphatic heterocycles. The largest absolute Gasteiger partial charge is 0.486 e. The van der Waals surface area contributed by atoms with Crippen molar-refractivity contribution in [2.45, 2.75) is 38.3 Å². The first kappa shape index (κ1) is 14.8. The van der Waals surface area contributed by atoms with Crippen LogP contribution in [-0.4, -0.2) is 49.2 Å². The monoisotopic (exact) mass is 316 g/mol. The number of ether oxygens (including phenoxy) is 2. The summed E-state index contributed by atoms with van der Waals surface area (Å²) in [6.45, 7) is 7.11. The smallest absolute Gasteiger partial charge is 0.226 e. The van der Waals surface area contributed by atoms with Crippen molar-refractivity contribution in [3.63, 3.8) is 0 Å². The minimum atomic E-state index is 0.134. The number of rotatable bonds is 2. The molecule has 0 unspecified atom stereocenters. The number of carbonyl (C=O) groups excluding carboxylic acids is 1. The van der Waals surface area contributed by atoms with Crippen LogP contribution in [0.15, 0.2) is 18.2 Å². The molecule has 0 spiro atoms. The van der Waals surface area contributed by atoms with Crippen LogP contribution in [0.1, 0.15) is 31.7 Å². The van der Waals surface area contributed by atoms with E-state index >= 15 is 0 Å². The lowest BCUT2D eigenvalue weighted by Gasteiger charge is -2.36. The average molecular weight is 316 g/mol. The van der Waals surface area contributed by atoms with Crippen LogP contribution in [0.4, 0.5) is 0 Å². The van der Waals surface area contributed by atoms with Crippen molar-refractivity contribution in [3.8, 4) is 11.5 Å². The topological polar surface area (TPSA) is 50.8 Å². The van der Waals surface area contributed by atoms with Crippen molar-refractivity contribution in [1.82, 2.24) is 10.2 Å². The lowest BCUT2D eigenvalue weighted by atomic mass is 10.1. The number of nitrogens with zero attached hydrogens (tertiary/aromatic N) is 1. The molecule has 1 saturated heterocycles. The Kier molecular flexibility index (Phi) is 3.68. The highest BCUT2D eigenvalue weighted by atomic mass is 16.6. The number of benzene rings is 1. The quantitative estimate of drug-likeness (QED) is 0.903. The maximum Gasteiger partial charge on any atom is 0.226 e. The Hall–Kier alpha value is -1.75. The van der Waals surface area contributed by atoms with E-state index in [0.29, 0.717) is 37.1 Å². The molecule has 1 aromatic carbocycles. The molecule has 0 aromatic heterocycles. The fraction of sp³-hybridized carbons (Fsp3) is 0.611. The summed E-state index contributed by atoms with van der Waals surface area (Å²) in [5.74, 6) is 2.41. The van der Waals surface area contributed by atoms with Gasteiger partial charge in [0.2, 0.25) is 5.91 Å². The van der Waals surface area contributed by atoms with Gasteiger partial charge in [0, 0.05) is 31.1 Å². The van der Waals surface area contributed by atoms with Crippen molar-refractivity contribution in [1.29, 1.82) is 0 Å². The predicted molar refractivity (Wildman–Crippen MR) is 86.9 cm³/mol. The van der Waals surface area contributed by atoms with E-state index in [9.17, 15) is 4.79 Å². The molecule has 5 nitrogen and oxygen atoms in total. The summed E-state index contributed by atoms with van der Waals surface area (Å²) in [5, 5.41) is 3.48. The number of hydrogen-bond acceptors (Lipinski definition) is 4. The molecule has 124 valence electrons. The predicted octanol–water partition coefficient (Wildman–Crippen LogP) is 1.77. The summed E-state index contributed by atoms with van der Waals surface area (Å²) in [6.07, 6.45) is 0.950. The highest BCUT2D eigenvalue weighted by molar-refractivity contribution is 5.83. The lowest BCUT2D eigenvalue weighted by Crippen LogP contribution is -2.56. The normalized spacial score (nSPS) is 32.5. The van der Waals surface area contributed by atoms with Gasteiger partial charge in [-0.3, -0.25) is 4.79 Å². The van der Waals surface area contributed by atoms with E-state index in [2.05, 4.69) is 31.3 Å². The molecule has 0 bridgehead atoms. The van der Waals surface area contributed by atoms with Crippen molar-refractivity contribution < 1.29 is 14.3 Å². The van der Waals surface area contributed by atoms with Gasteiger partial charge in [0.15, 0.2) is 11.5 Å². The van der Waals surface area contributed by atoms with Gasteiger partial charge in [-0.15, -0.1) is 0 Å². The third-order valence-electron chi connectivity index (χ3n) is 4.97. The fourth-order valence-corrected chi connectivity index (χ4v) is 3.87. The summed E-state index contributed by atoms with van der Waals surface area (Å²) in [7, 11) is 0. The standard InChI is InChI=1S/C18H24N2O3/c1-11-9-20(10-12(2)19-11)18(21)15-8-14(15)13-3-4-16-17(7-13)23-6-5-22-16/h3-4,7,11-12,14-15,19H,5-6,8-10H2,1-2H3/t11-,12+,14-,15-/m1/s1. The molecule has 23 heavy (non-hydrogen) atoms. The highest BCUT2D eigenvalue weighted by Crippen LogP contribution is 2.50. The second-order valence-corrected chi connectivity index (χ2v) is 7.06. The van der Waals surface area contributed by atoms with Crippen LogP contribution in [0.2, 0.25) is 0 Å². The minimum Gasteiger partial charge on any atom is -0.486 e. The second-order valence-electron chi connectivity index (χ2n) is 7.06. The average Bonchev–Trinajstić information content (AvgIpc) is 3.33. The molecule has 5 heteroatoms. The first-order valence-electron chi connectivity index (χ1n) is 8.56. The number of amides is 1. The maximum absolute atomic E-state index is 12.8. The Morgan fingerprint density at radius 2 is 1.83 bits per heavy atom. The van der Waals surface area contributed by atoms with E-state index in [1.165, 1.54) is 5.56 Å². The molecule has 4 rings (SSSR count). The number of fused-ring (bicyclic) bond motifs is 1. The maximum atomic E-state index is 12.8. The molecular weight excluding hydrogens is 292 g/mol. The molecule has 1 N–H and O–H groups in total. The van der Waals surface area contributed by atoms with Gasteiger partial charge >= 0.3 is 0 Å². The van der Waals surface area contributed by atoms with E-state index in [1.807, 2.05) is 11.0 Å². The van der Waals surface area contributed by atoms with E-state index in [1.54, 1.807) is 0 Å². The molecule has 2 heterocycles. The summed E-state index contributed by atoms with van der Waals surface area (Å²) >= 11 is 0. The Morgan fingerprint density at radius 3 is 2.57 bits per heavy atom. The first-order chi connectivity index (χ1) is 11.1. The van der Waals surface area contributed by atoms with E-state index in [4.69, 9.17) is 9.47 Å². The Bertz CT molecular complexity index is 608. The molecule has 1 saturated carbocycles. The van der Waals surface area contributed by atoms with Crippen molar-refractivity contribution in [2.24, 2.45) is 5.92 Å². The molecular formula is C18H24N2O3. The Balaban J connectivity index is 1.44. The van der Waals surface area contributed by atoms with E-state index in [-0.39, 0.29) is 5.92 Å². The fourth-order valence-electron chi connectivity index (χ4n) is 3.87. The van der Waals surface area contributed by atoms with Crippen LogP contribution in [-0.2, 0) is 4.79 Å². The molecule has 1 amide bonds. The zero-order valence-corrected chi connectivity index (χ0v) is 13.7. The number of carbonyl (C=O) groups is 1. The van der Waals surface area contributed by atoms with Gasteiger partial charge in [-0.25, -0.2) is 0 Å². The first-order valence-corrected chi connectivity index (χ1v) is 8.56. The second kappa shape index (κ2) is 5.71. The van der Waals surface area contributed by atoms with Crippen LogP contribution in [0, 0.1) is 5.92 Å². The van der Waals surface area contributed by atoms with Crippen molar-refractivity contribution >= 4 is 5.91 Å². The van der Waals surface area contributed by atoms with Crippen LogP contribution < -0.4 is 14.8 Å². The molecule has 2 fully saturated rings. The highest BCUT2D eigenvalue weighted by Gasteiger charge is 2.46.